The number of halogens is 1. The Morgan fingerprint density at radius 3 is 2.56 bits per heavy atom. The van der Waals surface area contributed by atoms with Crippen molar-refractivity contribution >= 4 is 38.7 Å². The van der Waals surface area contributed by atoms with E-state index in [0.29, 0.717) is 76.1 Å². The molecule has 2 N–H and O–H groups in total. The second kappa shape index (κ2) is 10.8. The summed E-state index contributed by atoms with van der Waals surface area (Å²) in [5.74, 6) is 1.05. The van der Waals surface area contributed by atoms with Crippen molar-refractivity contribution in [3.63, 3.8) is 0 Å². The number of nitrogens with zero attached hydrogens (tertiary/aromatic N) is 4. The molecule has 5 rings (SSSR count). The van der Waals surface area contributed by atoms with Crippen LogP contribution in [0.1, 0.15) is 36.2 Å². The molecule has 1 saturated heterocycles. The van der Waals surface area contributed by atoms with Gasteiger partial charge < -0.3 is 20.3 Å². The smallest absolute Gasteiger partial charge is 0.319 e. The number of aromatic nitrogens is 3. The fourth-order valence-electron chi connectivity index (χ4n) is 4.77. The molecule has 1 aliphatic heterocycles. The Balaban J connectivity index is 1.54. The first kappa shape index (κ1) is 27.4. The largest absolute Gasteiger partial charge is 0.377 e. The van der Waals surface area contributed by atoms with Gasteiger partial charge in [-0.15, -0.1) is 11.3 Å². The number of sulfone groups is 1. The molecule has 2 aromatic heterocycles. The molecule has 2 fully saturated rings. The molecule has 0 spiro atoms. The normalized spacial score (nSPS) is 18.6. The average Bonchev–Trinajstić information content (AvgIpc) is 3.67. The van der Waals surface area contributed by atoms with Crippen LogP contribution in [0.5, 0.6) is 0 Å². The van der Waals surface area contributed by atoms with Crippen molar-refractivity contribution in [2.24, 2.45) is 0 Å². The summed E-state index contributed by atoms with van der Waals surface area (Å²) in [5.41, 5.74) is 2.18. The first-order valence-electron chi connectivity index (χ1n) is 12.8. The van der Waals surface area contributed by atoms with E-state index >= 15 is 0 Å². The number of alkyl halides is 1. The molecule has 1 atom stereocenters. The number of hydrogen-bond acceptors (Lipinski definition) is 9. The lowest BCUT2D eigenvalue weighted by molar-refractivity contribution is 0.0985. The van der Waals surface area contributed by atoms with Gasteiger partial charge in [-0.05, 0) is 57.9 Å². The Kier molecular flexibility index (Phi) is 7.57. The summed E-state index contributed by atoms with van der Waals surface area (Å²) in [7, 11) is -3.74. The maximum Gasteiger partial charge on any atom is 0.319 e. The lowest BCUT2D eigenvalue weighted by atomic mass is 10.1. The highest BCUT2D eigenvalue weighted by Gasteiger charge is 2.59. The van der Waals surface area contributed by atoms with Gasteiger partial charge in [0.1, 0.15) is 21.4 Å². The van der Waals surface area contributed by atoms with E-state index in [0.717, 1.165) is 0 Å². The highest BCUT2D eigenvalue weighted by atomic mass is 32.2. The number of rotatable bonds is 8. The molecule has 2 aliphatic rings. The summed E-state index contributed by atoms with van der Waals surface area (Å²) in [6, 6.07) is 8.29. The highest BCUT2D eigenvalue weighted by molar-refractivity contribution is 7.94. The van der Waals surface area contributed by atoms with Crippen LogP contribution in [0, 0.1) is 13.8 Å². The Morgan fingerprint density at radius 2 is 1.95 bits per heavy atom. The fourth-order valence-corrected chi connectivity index (χ4v) is 8.50. The molecule has 1 aliphatic carbocycles. The summed E-state index contributed by atoms with van der Waals surface area (Å²) in [4.78, 5) is 28.0. The molecule has 39 heavy (non-hydrogen) atoms. The van der Waals surface area contributed by atoms with Crippen LogP contribution >= 0.6 is 11.3 Å². The molecule has 0 bridgehead atoms. The summed E-state index contributed by atoms with van der Waals surface area (Å²) in [5, 5.41) is 5.77. The van der Waals surface area contributed by atoms with Crippen LogP contribution in [-0.4, -0.2) is 68.4 Å². The third kappa shape index (κ3) is 5.35. The van der Waals surface area contributed by atoms with Gasteiger partial charge >= 0.3 is 6.03 Å². The number of carbonyl (C=O) groups is 1. The van der Waals surface area contributed by atoms with Crippen molar-refractivity contribution in [2.75, 3.05) is 43.2 Å². The fraction of sp³-hybridized carbons (Fsp3) is 0.462. The topological polar surface area (TPSA) is 126 Å². The van der Waals surface area contributed by atoms with Crippen molar-refractivity contribution in [1.82, 2.24) is 20.3 Å². The molecule has 3 heterocycles. The zero-order valence-corrected chi connectivity index (χ0v) is 23.7. The van der Waals surface area contributed by atoms with Crippen molar-refractivity contribution in [3.8, 4) is 11.4 Å². The minimum absolute atomic E-state index is 0.0573. The SMILES string of the molecule is Cc1nc(C)c(S(=O)(=O)C2(c3cc(N4CCOC[C@@H]4C)nc(-c4ccc(NC(=O)NCCF)cc4)n3)CC2)s1. The van der Waals surface area contributed by atoms with Gasteiger partial charge in [-0.1, -0.05) is 0 Å². The maximum atomic E-state index is 14.0. The Labute approximate surface area is 231 Å². The number of ether oxygens (including phenoxy) is 1. The molecule has 2 amide bonds. The average molecular weight is 575 g/mol. The van der Waals surface area contributed by atoms with E-state index in [9.17, 15) is 17.6 Å². The van der Waals surface area contributed by atoms with E-state index in [1.54, 1.807) is 38.1 Å². The van der Waals surface area contributed by atoms with Crippen molar-refractivity contribution < 1.29 is 22.3 Å². The predicted molar refractivity (Wildman–Crippen MR) is 148 cm³/mol. The van der Waals surface area contributed by atoms with E-state index in [4.69, 9.17) is 14.7 Å². The van der Waals surface area contributed by atoms with E-state index in [2.05, 4.69) is 20.5 Å². The predicted octanol–water partition coefficient (Wildman–Crippen LogP) is 4.00. The number of thiazole rings is 1. The molecule has 208 valence electrons. The van der Waals surface area contributed by atoms with E-state index in [1.165, 1.54) is 11.3 Å². The van der Waals surface area contributed by atoms with Crippen LogP contribution in [0.4, 0.5) is 20.7 Å². The number of nitrogens with one attached hydrogen (secondary N) is 2. The van der Waals surface area contributed by atoms with Gasteiger partial charge in [0, 0.05) is 30.4 Å². The molecule has 0 unspecified atom stereocenters. The zero-order valence-electron chi connectivity index (χ0n) is 22.0. The molecular weight excluding hydrogens is 543 g/mol. The van der Waals surface area contributed by atoms with Gasteiger partial charge in [0.25, 0.3) is 0 Å². The van der Waals surface area contributed by atoms with Gasteiger partial charge in [-0.25, -0.2) is 32.6 Å². The third-order valence-electron chi connectivity index (χ3n) is 6.95. The van der Waals surface area contributed by atoms with E-state index in [-0.39, 0.29) is 12.6 Å². The number of morpholine rings is 1. The molecular formula is C26H31FN6O4S2. The molecule has 13 heteroatoms. The van der Waals surface area contributed by atoms with Gasteiger partial charge in [-0.2, -0.15) is 0 Å². The minimum Gasteiger partial charge on any atom is -0.377 e. The quantitative estimate of drug-likeness (QED) is 0.414. The molecule has 0 radical (unpaired) electrons. The number of anilines is 2. The Hall–Kier alpha value is -3.16. The lowest BCUT2D eigenvalue weighted by Gasteiger charge is -2.34. The van der Waals surface area contributed by atoms with Crippen molar-refractivity contribution in [2.45, 2.75) is 48.6 Å². The van der Waals surface area contributed by atoms with Crippen LogP contribution in [0.2, 0.25) is 0 Å². The van der Waals surface area contributed by atoms with Gasteiger partial charge in [-0.3, -0.25) is 0 Å². The monoisotopic (exact) mass is 574 g/mol. The van der Waals surface area contributed by atoms with Crippen molar-refractivity contribution in [1.29, 1.82) is 0 Å². The van der Waals surface area contributed by atoms with Crippen LogP contribution in [0.3, 0.4) is 0 Å². The summed E-state index contributed by atoms with van der Waals surface area (Å²) in [6.07, 6.45) is 0.939. The first-order chi connectivity index (χ1) is 18.6. The second-order valence-electron chi connectivity index (χ2n) is 9.80. The number of benzene rings is 1. The number of amides is 2. The number of urea groups is 1. The van der Waals surface area contributed by atoms with Crippen molar-refractivity contribution in [3.05, 3.63) is 46.7 Å². The summed E-state index contributed by atoms with van der Waals surface area (Å²) >= 11 is 1.20. The maximum absolute atomic E-state index is 14.0. The van der Waals surface area contributed by atoms with Crippen LogP contribution in [-0.2, 0) is 19.3 Å². The lowest BCUT2D eigenvalue weighted by Crippen LogP contribution is -2.44. The van der Waals surface area contributed by atoms with Gasteiger partial charge in [0.05, 0.1) is 35.7 Å². The molecule has 10 nitrogen and oxygen atoms in total. The first-order valence-corrected chi connectivity index (χ1v) is 15.1. The van der Waals surface area contributed by atoms with Crippen LogP contribution in [0.25, 0.3) is 11.4 Å². The van der Waals surface area contributed by atoms with E-state index < -0.39 is 27.3 Å². The third-order valence-corrected chi connectivity index (χ3v) is 11.2. The summed E-state index contributed by atoms with van der Waals surface area (Å²) < 4.78 is 45.1. The molecule has 1 saturated carbocycles. The number of aryl methyl sites for hydroxylation is 2. The Bertz CT molecular complexity index is 1470. The van der Waals surface area contributed by atoms with E-state index in [1.807, 2.05) is 13.0 Å². The molecule has 1 aromatic carbocycles. The number of carbonyl (C=O) groups excluding carboxylic acids is 1. The van der Waals surface area contributed by atoms with Gasteiger partial charge in [0.15, 0.2) is 5.82 Å². The summed E-state index contributed by atoms with van der Waals surface area (Å²) in [6.45, 7) is 6.58. The molecule has 3 aromatic rings. The Morgan fingerprint density at radius 1 is 1.21 bits per heavy atom. The second-order valence-corrected chi connectivity index (χ2v) is 13.5. The van der Waals surface area contributed by atoms with Gasteiger partial charge in [0.2, 0.25) is 9.84 Å². The highest BCUT2D eigenvalue weighted by Crippen LogP contribution is 2.56. The number of hydrogen-bond donors (Lipinski definition) is 2. The van der Waals surface area contributed by atoms with Crippen LogP contribution < -0.4 is 15.5 Å². The zero-order chi connectivity index (χ0) is 27.8. The minimum atomic E-state index is -3.74. The standard InChI is InChI=1S/C26H31FN6O4S2/c1-16-15-37-13-12-33(16)22-14-21(26(8-9-26)39(35,36)24-17(2)29-18(3)38-24)31-23(32-22)19-4-6-20(7-5-19)30-25(34)28-11-10-27/h4-7,14,16H,8-13,15H2,1-3H3,(H2,28,30,34)/t16-/m0/s1. The van der Waals surface area contributed by atoms with Crippen LogP contribution in [0.15, 0.2) is 34.5 Å².